The van der Waals surface area contributed by atoms with Crippen LogP contribution in [0, 0.1) is 0 Å². The molecule has 0 aliphatic heterocycles. The first-order valence-electron chi connectivity index (χ1n) is 5.58. The molecule has 0 unspecified atom stereocenters. The molecule has 0 bridgehead atoms. The summed E-state index contributed by atoms with van der Waals surface area (Å²) >= 11 is 0. The van der Waals surface area contributed by atoms with Crippen LogP contribution in [0.3, 0.4) is 0 Å². The second-order valence-electron chi connectivity index (χ2n) is 3.81. The maximum atomic E-state index is 11.4. The van der Waals surface area contributed by atoms with E-state index in [1.807, 2.05) is 5.43 Å². The Kier molecular flexibility index (Phi) is 5.35. The van der Waals surface area contributed by atoms with E-state index < -0.39 is 17.4 Å². The van der Waals surface area contributed by atoms with Crippen molar-refractivity contribution in [1.82, 2.24) is 20.6 Å². The molecular formula is C10H14N6O4. The standard InChI is InChI=1S/C10H14N6O4/c1-6(13-14-10(20)9(19)12-11)4-5-16-8(18)3-2-7(17)15-16/h2-3H,4-5,11H2,1H3,(H,12,19)(H,14,20)(H,15,17)/b13-6-. The van der Waals surface area contributed by atoms with Crippen LogP contribution in [0.1, 0.15) is 13.3 Å². The van der Waals surface area contributed by atoms with Crippen molar-refractivity contribution in [2.45, 2.75) is 19.9 Å². The van der Waals surface area contributed by atoms with E-state index in [9.17, 15) is 19.2 Å². The summed E-state index contributed by atoms with van der Waals surface area (Å²) in [6, 6.07) is 2.28. The molecule has 20 heavy (non-hydrogen) atoms. The highest BCUT2D eigenvalue weighted by atomic mass is 16.2. The number of hydrogen-bond acceptors (Lipinski definition) is 6. The van der Waals surface area contributed by atoms with E-state index in [2.05, 4.69) is 10.2 Å². The average Bonchev–Trinajstić information content (AvgIpc) is 2.44. The largest absolute Gasteiger partial charge is 0.330 e. The molecule has 0 atom stereocenters. The minimum Gasteiger partial charge on any atom is -0.286 e. The van der Waals surface area contributed by atoms with Gasteiger partial charge in [-0.1, -0.05) is 0 Å². The summed E-state index contributed by atoms with van der Waals surface area (Å²) in [6.45, 7) is 1.77. The van der Waals surface area contributed by atoms with Gasteiger partial charge in [0.25, 0.3) is 11.1 Å². The summed E-state index contributed by atoms with van der Waals surface area (Å²) in [5.74, 6) is 2.74. The van der Waals surface area contributed by atoms with Crippen molar-refractivity contribution in [2.24, 2.45) is 10.9 Å². The number of rotatable bonds is 4. The second-order valence-corrected chi connectivity index (χ2v) is 3.81. The Morgan fingerprint density at radius 3 is 2.70 bits per heavy atom. The molecule has 2 amide bonds. The summed E-state index contributed by atoms with van der Waals surface area (Å²) in [5, 5.41) is 6.00. The van der Waals surface area contributed by atoms with E-state index >= 15 is 0 Å². The number of nitrogens with one attached hydrogen (secondary N) is 3. The van der Waals surface area contributed by atoms with Crippen LogP contribution in [0.4, 0.5) is 0 Å². The fraction of sp³-hybridized carbons (Fsp3) is 0.300. The lowest BCUT2D eigenvalue weighted by molar-refractivity contribution is -0.139. The van der Waals surface area contributed by atoms with Gasteiger partial charge >= 0.3 is 11.8 Å². The molecule has 1 aromatic heterocycles. The highest BCUT2D eigenvalue weighted by Crippen LogP contribution is 1.87. The number of hydrazine groups is 1. The number of nitrogens with two attached hydrogens (primary N) is 1. The minimum atomic E-state index is -1.02. The Labute approximate surface area is 112 Å². The van der Waals surface area contributed by atoms with E-state index in [1.165, 1.54) is 0 Å². The molecule has 0 saturated carbocycles. The zero-order chi connectivity index (χ0) is 15.1. The van der Waals surface area contributed by atoms with Gasteiger partial charge in [-0.15, -0.1) is 0 Å². The predicted molar refractivity (Wildman–Crippen MR) is 69.5 cm³/mol. The van der Waals surface area contributed by atoms with Crippen LogP contribution in [0.2, 0.25) is 0 Å². The smallest absolute Gasteiger partial charge is 0.286 e. The molecule has 0 aliphatic rings. The first-order chi connectivity index (χ1) is 9.43. The summed E-state index contributed by atoms with van der Waals surface area (Å²) in [6.07, 6.45) is 0.296. The van der Waals surface area contributed by atoms with Gasteiger partial charge in [0.15, 0.2) is 0 Å². The third-order valence-corrected chi connectivity index (χ3v) is 2.27. The third kappa shape index (κ3) is 4.49. The molecular weight excluding hydrogens is 268 g/mol. The van der Waals surface area contributed by atoms with Gasteiger partial charge in [0.2, 0.25) is 0 Å². The Hall–Kier alpha value is -2.75. The van der Waals surface area contributed by atoms with Crippen LogP contribution in [0.5, 0.6) is 0 Å². The van der Waals surface area contributed by atoms with Gasteiger partial charge in [-0.3, -0.25) is 29.7 Å². The molecule has 0 radical (unpaired) electrons. The highest BCUT2D eigenvalue weighted by Gasteiger charge is 2.10. The van der Waals surface area contributed by atoms with Crippen molar-refractivity contribution in [3.63, 3.8) is 0 Å². The molecule has 108 valence electrons. The zero-order valence-electron chi connectivity index (χ0n) is 10.7. The summed E-state index contributed by atoms with van der Waals surface area (Å²) in [5.41, 5.74) is 3.35. The molecule has 0 aliphatic carbocycles. The topological polar surface area (TPSA) is 151 Å². The quantitative estimate of drug-likeness (QED) is 0.157. The number of aryl methyl sites for hydroxylation is 1. The molecule has 0 fully saturated rings. The number of carbonyl (C=O) groups is 2. The number of aromatic nitrogens is 2. The fourth-order valence-corrected chi connectivity index (χ4v) is 1.22. The summed E-state index contributed by atoms with van der Waals surface area (Å²) in [7, 11) is 0. The molecule has 10 nitrogen and oxygen atoms in total. The maximum Gasteiger partial charge on any atom is 0.330 e. The van der Waals surface area contributed by atoms with Crippen molar-refractivity contribution in [3.8, 4) is 0 Å². The lowest BCUT2D eigenvalue weighted by Gasteiger charge is -2.04. The molecule has 0 spiro atoms. The number of aromatic amines is 1. The van der Waals surface area contributed by atoms with Crippen LogP contribution >= 0.6 is 0 Å². The van der Waals surface area contributed by atoms with Crippen molar-refractivity contribution in [2.75, 3.05) is 0 Å². The molecule has 1 rings (SSSR count). The second kappa shape index (κ2) is 6.99. The van der Waals surface area contributed by atoms with Crippen molar-refractivity contribution >= 4 is 17.5 Å². The van der Waals surface area contributed by atoms with Gasteiger partial charge in [0.05, 0.1) is 0 Å². The number of hydrazone groups is 1. The van der Waals surface area contributed by atoms with E-state index in [-0.39, 0.29) is 12.1 Å². The molecule has 10 heteroatoms. The van der Waals surface area contributed by atoms with E-state index in [0.717, 1.165) is 16.8 Å². The molecule has 1 heterocycles. The van der Waals surface area contributed by atoms with Crippen LogP contribution in [0.15, 0.2) is 26.8 Å². The van der Waals surface area contributed by atoms with E-state index in [0.29, 0.717) is 12.1 Å². The highest BCUT2D eigenvalue weighted by molar-refractivity contribution is 6.34. The molecule has 0 saturated heterocycles. The van der Waals surface area contributed by atoms with Crippen molar-refractivity contribution in [3.05, 3.63) is 32.8 Å². The summed E-state index contributed by atoms with van der Waals surface area (Å²) < 4.78 is 1.12. The Bertz CT molecular complexity index is 644. The lowest BCUT2D eigenvalue weighted by atomic mass is 10.3. The van der Waals surface area contributed by atoms with E-state index in [1.54, 1.807) is 12.3 Å². The Morgan fingerprint density at radius 2 is 2.05 bits per heavy atom. The number of nitrogens with zero attached hydrogens (tertiary/aromatic N) is 2. The van der Waals surface area contributed by atoms with Crippen LogP contribution in [-0.2, 0) is 16.1 Å². The molecule has 1 aromatic rings. The van der Waals surface area contributed by atoms with Crippen molar-refractivity contribution < 1.29 is 9.59 Å². The number of H-pyrrole nitrogens is 1. The Balaban J connectivity index is 2.59. The first kappa shape index (κ1) is 15.3. The normalized spacial score (nSPS) is 11.0. The molecule has 0 aromatic carbocycles. The van der Waals surface area contributed by atoms with Gasteiger partial charge in [0.1, 0.15) is 0 Å². The van der Waals surface area contributed by atoms with E-state index in [4.69, 9.17) is 5.84 Å². The molecule has 5 N–H and O–H groups in total. The van der Waals surface area contributed by atoms with Crippen LogP contribution in [0.25, 0.3) is 0 Å². The van der Waals surface area contributed by atoms with Crippen LogP contribution in [-0.4, -0.2) is 27.3 Å². The minimum absolute atomic E-state index is 0.184. The van der Waals surface area contributed by atoms with Gasteiger partial charge in [0, 0.05) is 30.8 Å². The lowest BCUT2D eigenvalue weighted by Crippen LogP contribution is -2.41. The van der Waals surface area contributed by atoms with Crippen molar-refractivity contribution in [1.29, 1.82) is 0 Å². The number of carbonyl (C=O) groups excluding carboxylic acids is 2. The predicted octanol–water partition coefficient (Wildman–Crippen LogP) is -2.59. The number of amides is 2. The third-order valence-electron chi connectivity index (χ3n) is 2.27. The van der Waals surface area contributed by atoms with Gasteiger partial charge in [-0.25, -0.2) is 16.0 Å². The summed E-state index contributed by atoms with van der Waals surface area (Å²) in [4.78, 5) is 44.3. The maximum absolute atomic E-state index is 11.4. The van der Waals surface area contributed by atoms with Gasteiger partial charge in [-0.05, 0) is 6.92 Å². The van der Waals surface area contributed by atoms with Crippen LogP contribution < -0.4 is 27.8 Å². The zero-order valence-corrected chi connectivity index (χ0v) is 10.7. The van der Waals surface area contributed by atoms with Gasteiger partial charge in [-0.2, -0.15) is 5.10 Å². The Morgan fingerprint density at radius 1 is 1.35 bits per heavy atom. The average molecular weight is 282 g/mol. The fourth-order valence-electron chi connectivity index (χ4n) is 1.22. The monoisotopic (exact) mass is 282 g/mol. The SMILES string of the molecule is C/C(CCn1[nH]c(=O)ccc1=O)=N/NC(=O)C(=O)NN. The van der Waals surface area contributed by atoms with Gasteiger partial charge < -0.3 is 0 Å². The number of hydrogen-bond donors (Lipinski definition) is 4. The first-order valence-corrected chi connectivity index (χ1v) is 5.58.